The lowest BCUT2D eigenvalue weighted by Gasteiger charge is -2.21. The maximum atomic E-state index is 11.9. The van der Waals surface area contributed by atoms with Crippen LogP contribution in [0.3, 0.4) is 0 Å². The maximum Gasteiger partial charge on any atom is 0.213 e. The Morgan fingerprint density at radius 3 is 2.04 bits per heavy atom. The number of likely N-dealkylation sites (N-methyl/N-ethyl adjacent to an activating group) is 1. The minimum atomic E-state index is -3.29. The molecule has 6 heteroatoms. The average Bonchev–Trinajstić information content (AvgIpc) is 2.89. The van der Waals surface area contributed by atoms with Gasteiger partial charge in [-0.15, -0.1) is 0 Å². The number of sulfonamides is 1. The molecular weight excluding hydrogens is 324 g/mol. The van der Waals surface area contributed by atoms with Crippen molar-refractivity contribution in [1.82, 2.24) is 8.87 Å². The summed E-state index contributed by atoms with van der Waals surface area (Å²) in [5, 5.41) is 12.7. The molecule has 24 heavy (non-hydrogen) atoms. The summed E-state index contributed by atoms with van der Waals surface area (Å²) >= 11 is 0. The Labute approximate surface area is 142 Å². The predicted octanol–water partition coefficient (Wildman–Crippen LogP) is 2.44. The van der Waals surface area contributed by atoms with Gasteiger partial charge in [0, 0.05) is 35.4 Å². The molecule has 128 valence electrons. The Kier molecular flexibility index (Phi) is 4.62. The molecule has 0 aliphatic rings. The quantitative estimate of drug-likeness (QED) is 0.746. The van der Waals surface area contributed by atoms with Gasteiger partial charge in [0.05, 0.1) is 18.4 Å². The number of rotatable bonds is 6. The molecule has 1 unspecified atom stereocenters. The number of hydrogen-bond donors (Lipinski definition) is 1. The summed E-state index contributed by atoms with van der Waals surface area (Å²) in [6.07, 6.45) is -0.782. The molecule has 0 saturated heterocycles. The maximum absolute atomic E-state index is 11.9. The van der Waals surface area contributed by atoms with E-state index in [0.29, 0.717) is 6.54 Å². The van der Waals surface area contributed by atoms with Gasteiger partial charge in [0.15, 0.2) is 0 Å². The van der Waals surface area contributed by atoms with Crippen molar-refractivity contribution in [2.75, 3.05) is 19.3 Å². The Balaban J connectivity index is 1.94. The van der Waals surface area contributed by atoms with Crippen LogP contribution in [0.5, 0.6) is 0 Å². The van der Waals surface area contributed by atoms with Crippen LogP contribution in [-0.2, 0) is 16.6 Å². The van der Waals surface area contributed by atoms with Crippen molar-refractivity contribution in [3.63, 3.8) is 0 Å². The van der Waals surface area contributed by atoms with Crippen molar-refractivity contribution in [2.24, 2.45) is 0 Å². The van der Waals surface area contributed by atoms with Crippen LogP contribution in [0.1, 0.15) is 6.92 Å². The van der Waals surface area contributed by atoms with Crippen LogP contribution < -0.4 is 0 Å². The van der Waals surface area contributed by atoms with E-state index in [9.17, 15) is 13.5 Å². The molecule has 0 bridgehead atoms. The third kappa shape index (κ3) is 3.05. The van der Waals surface area contributed by atoms with Crippen LogP contribution in [0.15, 0.2) is 48.5 Å². The summed E-state index contributed by atoms with van der Waals surface area (Å²) < 4.78 is 27.0. The second-order valence-electron chi connectivity index (χ2n) is 5.98. The van der Waals surface area contributed by atoms with E-state index >= 15 is 0 Å². The monoisotopic (exact) mass is 346 g/mol. The van der Waals surface area contributed by atoms with Crippen LogP contribution >= 0.6 is 0 Å². The smallest absolute Gasteiger partial charge is 0.213 e. The summed E-state index contributed by atoms with van der Waals surface area (Å²) in [6, 6.07) is 16.1. The van der Waals surface area contributed by atoms with Gasteiger partial charge in [-0.1, -0.05) is 36.4 Å². The first kappa shape index (κ1) is 17.0. The Morgan fingerprint density at radius 2 is 1.54 bits per heavy atom. The molecule has 0 amide bonds. The molecule has 5 nitrogen and oxygen atoms in total. The fraction of sp³-hybridized carbons (Fsp3) is 0.333. The highest BCUT2D eigenvalue weighted by atomic mass is 32.2. The summed E-state index contributed by atoms with van der Waals surface area (Å²) in [5.74, 6) is 0.0333. The van der Waals surface area contributed by atoms with Crippen LogP contribution in [0, 0.1) is 0 Å². The number of benzene rings is 2. The highest BCUT2D eigenvalue weighted by Gasteiger charge is 2.20. The molecule has 0 fully saturated rings. The number of aromatic nitrogens is 1. The lowest BCUT2D eigenvalue weighted by atomic mass is 10.2. The molecule has 1 atom stereocenters. The number of hydrogen-bond acceptors (Lipinski definition) is 3. The van der Waals surface area contributed by atoms with Gasteiger partial charge in [0.25, 0.3) is 0 Å². The van der Waals surface area contributed by atoms with E-state index in [4.69, 9.17) is 0 Å². The van der Waals surface area contributed by atoms with E-state index in [1.165, 1.54) is 11.4 Å². The number of aliphatic hydroxyl groups excluding tert-OH is 1. The molecule has 1 heterocycles. The zero-order valence-electron chi connectivity index (χ0n) is 13.9. The molecule has 2 aromatic carbocycles. The van der Waals surface area contributed by atoms with E-state index < -0.39 is 16.1 Å². The van der Waals surface area contributed by atoms with Gasteiger partial charge in [-0.25, -0.2) is 12.7 Å². The van der Waals surface area contributed by atoms with E-state index in [2.05, 4.69) is 16.7 Å². The number of fused-ring (bicyclic) bond motifs is 3. The van der Waals surface area contributed by atoms with Crippen LogP contribution in [-0.4, -0.2) is 47.8 Å². The van der Waals surface area contributed by atoms with Crippen LogP contribution in [0.25, 0.3) is 21.8 Å². The topological polar surface area (TPSA) is 62.5 Å². The molecule has 3 rings (SSSR count). The van der Waals surface area contributed by atoms with Gasteiger partial charge in [0.2, 0.25) is 10.0 Å². The number of aliphatic hydroxyl groups is 1. The first-order valence-electron chi connectivity index (χ1n) is 8.02. The second-order valence-corrected chi connectivity index (χ2v) is 8.34. The Hall–Kier alpha value is -1.89. The molecular formula is C18H22N2O3S. The van der Waals surface area contributed by atoms with E-state index in [-0.39, 0.29) is 12.3 Å². The molecule has 0 spiro atoms. The minimum absolute atomic E-state index is 0.0333. The third-order valence-corrected chi connectivity index (χ3v) is 6.21. The van der Waals surface area contributed by atoms with Crippen molar-refractivity contribution in [3.8, 4) is 0 Å². The van der Waals surface area contributed by atoms with Crippen molar-refractivity contribution in [1.29, 1.82) is 0 Å². The van der Waals surface area contributed by atoms with Gasteiger partial charge in [-0.05, 0) is 19.1 Å². The Bertz CT molecular complexity index is 909. The molecule has 1 aromatic heterocycles. The molecule has 0 aliphatic heterocycles. The summed E-state index contributed by atoms with van der Waals surface area (Å²) in [7, 11) is -1.79. The SMILES string of the molecule is CCS(=O)(=O)N(C)CC(O)Cn1c2ccccc2c2ccccc21. The van der Waals surface area contributed by atoms with Gasteiger partial charge >= 0.3 is 0 Å². The zero-order chi connectivity index (χ0) is 17.3. The largest absolute Gasteiger partial charge is 0.390 e. The molecule has 0 aliphatic carbocycles. The van der Waals surface area contributed by atoms with Crippen molar-refractivity contribution in [2.45, 2.75) is 19.6 Å². The van der Waals surface area contributed by atoms with Crippen molar-refractivity contribution in [3.05, 3.63) is 48.5 Å². The van der Waals surface area contributed by atoms with Gasteiger partial charge in [-0.3, -0.25) is 0 Å². The minimum Gasteiger partial charge on any atom is -0.390 e. The third-order valence-electron chi connectivity index (χ3n) is 4.38. The zero-order valence-corrected chi connectivity index (χ0v) is 14.7. The number of para-hydroxylation sites is 2. The van der Waals surface area contributed by atoms with E-state index in [1.807, 2.05) is 36.4 Å². The fourth-order valence-corrected chi connectivity index (χ4v) is 3.94. The highest BCUT2D eigenvalue weighted by Crippen LogP contribution is 2.28. The van der Waals surface area contributed by atoms with Crippen LogP contribution in [0.4, 0.5) is 0 Å². The predicted molar refractivity (Wildman–Crippen MR) is 97.5 cm³/mol. The second kappa shape index (κ2) is 6.55. The molecule has 0 radical (unpaired) electrons. The lowest BCUT2D eigenvalue weighted by molar-refractivity contribution is 0.136. The van der Waals surface area contributed by atoms with Crippen LogP contribution in [0.2, 0.25) is 0 Å². The van der Waals surface area contributed by atoms with Gasteiger partial charge < -0.3 is 9.67 Å². The lowest BCUT2D eigenvalue weighted by Crippen LogP contribution is -2.37. The highest BCUT2D eigenvalue weighted by molar-refractivity contribution is 7.89. The van der Waals surface area contributed by atoms with Crippen molar-refractivity contribution >= 4 is 31.8 Å². The summed E-state index contributed by atoms with van der Waals surface area (Å²) in [5.41, 5.74) is 2.08. The first-order valence-corrected chi connectivity index (χ1v) is 9.63. The summed E-state index contributed by atoms with van der Waals surface area (Å²) in [6.45, 7) is 2.03. The average molecular weight is 346 g/mol. The Morgan fingerprint density at radius 1 is 1.04 bits per heavy atom. The van der Waals surface area contributed by atoms with Crippen molar-refractivity contribution < 1.29 is 13.5 Å². The standard InChI is InChI=1S/C18H22N2O3S/c1-3-24(22,23)19(2)12-14(21)13-20-17-10-6-4-8-15(17)16-9-5-7-11-18(16)20/h4-11,14,21H,3,12-13H2,1-2H3. The van der Waals surface area contributed by atoms with Gasteiger partial charge in [-0.2, -0.15) is 0 Å². The normalized spacial score (nSPS) is 13.8. The number of nitrogens with zero attached hydrogens (tertiary/aromatic N) is 2. The fourth-order valence-electron chi connectivity index (χ4n) is 3.10. The van der Waals surface area contributed by atoms with E-state index in [1.54, 1.807) is 6.92 Å². The molecule has 3 aromatic rings. The molecule has 1 N–H and O–H groups in total. The first-order chi connectivity index (χ1) is 11.4. The van der Waals surface area contributed by atoms with E-state index in [0.717, 1.165) is 21.8 Å². The summed E-state index contributed by atoms with van der Waals surface area (Å²) in [4.78, 5) is 0. The molecule has 0 saturated carbocycles. The van der Waals surface area contributed by atoms with Gasteiger partial charge in [0.1, 0.15) is 0 Å².